The van der Waals surface area contributed by atoms with Gasteiger partial charge in [-0.25, -0.2) is 0 Å². The highest BCUT2D eigenvalue weighted by Crippen LogP contribution is 2.42. The lowest BCUT2D eigenvalue weighted by atomic mass is 9.97. The Balaban J connectivity index is 1.13. The summed E-state index contributed by atoms with van der Waals surface area (Å²) < 4.78 is 4.85. The highest BCUT2D eigenvalue weighted by Gasteiger charge is 2.19. The molecule has 0 fully saturated rings. The molecule has 252 valence electrons. The van der Waals surface area contributed by atoms with E-state index in [4.69, 9.17) is 0 Å². The molecular weight excluding hydrogens is 653 g/mol. The van der Waals surface area contributed by atoms with E-state index in [9.17, 15) is 0 Å². The highest BCUT2D eigenvalue weighted by atomic mass is 15.0. The first-order chi connectivity index (χ1) is 26.8. The topological polar surface area (TPSA) is 9.86 Å². The van der Waals surface area contributed by atoms with Gasteiger partial charge in [-0.1, -0.05) is 146 Å². The summed E-state index contributed by atoms with van der Waals surface area (Å²) in [6, 6.07) is 75.2. The van der Waals surface area contributed by atoms with Crippen molar-refractivity contribution in [2.24, 2.45) is 0 Å². The van der Waals surface area contributed by atoms with Gasteiger partial charge in [0.15, 0.2) is 0 Å². The minimum absolute atomic E-state index is 1.15. The quantitative estimate of drug-likeness (QED) is 0.171. The molecule has 0 aliphatic rings. The molecule has 9 aromatic carbocycles. The van der Waals surface area contributed by atoms with Crippen LogP contribution in [0, 0.1) is 0 Å². The fourth-order valence-electron chi connectivity index (χ4n) is 8.59. The van der Waals surface area contributed by atoms with E-state index in [2.05, 4.69) is 215 Å². The molecule has 0 spiro atoms. The summed E-state index contributed by atoms with van der Waals surface area (Å²) in [5.74, 6) is 0. The number of hydrogen-bond donors (Lipinski definition) is 0. The molecule has 0 saturated heterocycles. The van der Waals surface area contributed by atoms with Gasteiger partial charge in [-0.15, -0.1) is 0 Å². The number of rotatable bonds is 5. The van der Waals surface area contributed by atoms with Crippen LogP contribution in [0.3, 0.4) is 0 Å². The number of benzene rings is 9. The molecule has 0 radical (unpaired) electrons. The normalized spacial score (nSPS) is 11.7. The van der Waals surface area contributed by atoms with Crippen LogP contribution >= 0.6 is 0 Å². The Bertz CT molecular complexity index is 3200. The van der Waals surface area contributed by atoms with Crippen molar-refractivity contribution in [3.8, 4) is 44.8 Å². The number of fused-ring (bicyclic) bond motifs is 7. The third kappa shape index (κ3) is 4.81. The van der Waals surface area contributed by atoms with Crippen molar-refractivity contribution in [3.63, 3.8) is 0 Å². The standard InChI is InChI=1S/C52H34N2/c1-3-13-35(14-4-1)39-19-11-20-42(31-39)54-50-30-27-41(34-47(50)52-44(22-12-24-51(52)54)37-16-5-2-6-17-37)40-26-29-49-46(33-40)45-21-9-10-23-48(45)53(49)43-28-25-36-15-7-8-18-38(36)32-43/h1-34H. The molecule has 0 saturated carbocycles. The van der Waals surface area contributed by atoms with Gasteiger partial charge in [-0.3, -0.25) is 0 Å². The molecule has 0 aliphatic heterocycles. The van der Waals surface area contributed by atoms with Crippen molar-refractivity contribution in [2.45, 2.75) is 0 Å². The van der Waals surface area contributed by atoms with Crippen molar-refractivity contribution < 1.29 is 0 Å². The molecule has 0 amide bonds. The molecule has 2 heterocycles. The van der Waals surface area contributed by atoms with Crippen LogP contribution < -0.4 is 0 Å². The second-order valence-electron chi connectivity index (χ2n) is 14.2. The molecule has 2 aromatic heterocycles. The predicted molar refractivity (Wildman–Crippen MR) is 229 cm³/mol. The number of aromatic nitrogens is 2. The van der Waals surface area contributed by atoms with Gasteiger partial charge < -0.3 is 9.13 Å². The molecule has 0 N–H and O–H groups in total. The largest absolute Gasteiger partial charge is 0.309 e. The maximum atomic E-state index is 2.44. The van der Waals surface area contributed by atoms with Crippen LogP contribution in [0.15, 0.2) is 206 Å². The molecule has 0 bridgehead atoms. The molecule has 2 nitrogen and oxygen atoms in total. The minimum atomic E-state index is 1.15. The van der Waals surface area contributed by atoms with Crippen LogP contribution in [-0.4, -0.2) is 9.13 Å². The van der Waals surface area contributed by atoms with Crippen molar-refractivity contribution in [2.75, 3.05) is 0 Å². The van der Waals surface area contributed by atoms with Crippen LogP contribution in [0.4, 0.5) is 0 Å². The predicted octanol–water partition coefficient (Wildman–Crippen LogP) is 14.0. The molecule has 11 aromatic rings. The van der Waals surface area contributed by atoms with Crippen LogP contribution in [0.5, 0.6) is 0 Å². The summed E-state index contributed by atoms with van der Waals surface area (Å²) in [4.78, 5) is 0. The van der Waals surface area contributed by atoms with Crippen molar-refractivity contribution in [3.05, 3.63) is 206 Å². The summed E-state index contributed by atoms with van der Waals surface area (Å²) >= 11 is 0. The zero-order valence-electron chi connectivity index (χ0n) is 29.5. The minimum Gasteiger partial charge on any atom is -0.309 e. The maximum Gasteiger partial charge on any atom is 0.0547 e. The Morgan fingerprint density at radius 3 is 1.63 bits per heavy atom. The molecule has 0 unspecified atom stereocenters. The molecule has 0 aliphatic carbocycles. The average molecular weight is 687 g/mol. The first-order valence-corrected chi connectivity index (χ1v) is 18.6. The Morgan fingerprint density at radius 1 is 0.259 bits per heavy atom. The van der Waals surface area contributed by atoms with Crippen LogP contribution in [0.25, 0.3) is 99.1 Å². The first-order valence-electron chi connectivity index (χ1n) is 18.6. The Hall–Kier alpha value is -7.16. The summed E-state index contributed by atoms with van der Waals surface area (Å²) in [6.07, 6.45) is 0. The SMILES string of the molecule is c1ccc(-c2cccc(-n3c4ccc(-c5ccc6c(c5)c5ccccc5n6-c5ccc6ccccc6c5)cc4c4c(-c5ccccc5)cccc43)c2)cc1. The second kappa shape index (κ2) is 12.2. The van der Waals surface area contributed by atoms with Gasteiger partial charge in [0.1, 0.15) is 0 Å². The van der Waals surface area contributed by atoms with Crippen molar-refractivity contribution in [1.82, 2.24) is 9.13 Å². The van der Waals surface area contributed by atoms with E-state index in [-0.39, 0.29) is 0 Å². The van der Waals surface area contributed by atoms with E-state index in [1.807, 2.05) is 0 Å². The lowest BCUT2D eigenvalue weighted by molar-refractivity contribution is 1.18. The third-order valence-electron chi connectivity index (χ3n) is 11.1. The molecule has 2 heteroatoms. The fraction of sp³-hybridized carbons (Fsp3) is 0. The van der Waals surface area contributed by atoms with Crippen LogP contribution in [0.1, 0.15) is 0 Å². The van der Waals surface area contributed by atoms with Crippen LogP contribution in [0.2, 0.25) is 0 Å². The van der Waals surface area contributed by atoms with Gasteiger partial charge in [0.05, 0.1) is 22.1 Å². The van der Waals surface area contributed by atoms with Gasteiger partial charge in [-0.2, -0.15) is 0 Å². The van der Waals surface area contributed by atoms with E-state index in [0.29, 0.717) is 0 Å². The van der Waals surface area contributed by atoms with Gasteiger partial charge in [0.2, 0.25) is 0 Å². The highest BCUT2D eigenvalue weighted by molar-refractivity contribution is 6.17. The first kappa shape index (κ1) is 30.5. The fourth-order valence-corrected chi connectivity index (χ4v) is 8.59. The second-order valence-corrected chi connectivity index (χ2v) is 14.2. The van der Waals surface area contributed by atoms with E-state index in [0.717, 1.165) is 5.69 Å². The van der Waals surface area contributed by atoms with Gasteiger partial charge in [0.25, 0.3) is 0 Å². The number of para-hydroxylation sites is 1. The molecule has 0 atom stereocenters. The van der Waals surface area contributed by atoms with E-state index >= 15 is 0 Å². The zero-order valence-corrected chi connectivity index (χ0v) is 29.5. The van der Waals surface area contributed by atoms with Crippen molar-refractivity contribution >= 4 is 54.4 Å². The Kier molecular flexibility index (Phi) is 6.90. The lowest BCUT2D eigenvalue weighted by Crippen LogP contribution is -1.94. The number of hydrogen-bond acceptors (Lipinski definition) is 0. The molecule has 54 heavy (non-hydrogen) atoms. The van der Waals surface area contributed by atoms with E-state index in [1.165, 1.54) is 93.5 Å². The number of nitrogens with zero attached hydrogens (tertiary/aromatic N) is 2. The smallest absolute Gasteiger partial charge is 0.0547 e. The van der Waals surface area contributed by atoms with Crippen molar-refractivity contribution in [1.29, 1.82) is 0 Å². The lowest BCUT2D eigenvalue weighted by Gasteiger charge is -2.11. The Labute approximate surface area is 313 Å². The summed E-state index contributed by atoms with van der Waals surface area (Å²) in [5, 5.41) is 7.50. The molecule has 11 rings (SSSR count). The summed E-state index contributed by atoms with van der Waals surface area (Å²) in [6.45, 7) is 0. The summed E-state index contributed by atoms with van der Waals surface area (Å²) in [7, 11) is 0. The zero-order chi connectivity index (χ0) is 35.6. The maximum absolute atomic E-state index is 2.44. The van der Waals surface area contributed by atoms with Crippen LogP contribution in [-0.2, 0) is 0 Å². The van der Waals surface area contributed by atoms with E-state index < -0.39 is 0 Å². The average Bonchev–Trinajstić information content (AvgIpc) is 3.76. The van der Waals surface area contributed by atoms with Gasteiger partial charge in [0, 0.05) is 32.9 Å². The molecular formula is C52H34N2. The summed E-state index contributed by atoms with van der Waals surface area (Å²) in [5.41, 5.74) is 14.4. The van der Waals surface area contributed by atoms with Gasteiger partial charge in [-0.05, 0) is 105 Å². The third-order valence-corrected chi connectivity index (χ3v) is 11.1. The Morgan fingerprint density at radius 2 is 0.815 bits per heavy atom. The van der Waals surface area contributed by atoms with E-state index in [1.54, 1.807) is 0 Å². The van der Waals surface area contributed by atoms with Gasteiger partial charge >= 0.3 is 0 Å². The monoisotopic (exact) mass is 686 g/mol.